The summed E-state index contributed by atoms with van der Waals surface area (Å²) in [6.45, 7) is 5.97. The Kier molecular flexibility index (Phi) is 7.26. The third-order valence-electron chi connectivity index (χ3n) is 5.18. The van der Waals surface area contributed by atoms with Gasteiger partial charge in [0, 0.05) is 16.8 Å². The van der Waals surface area contributed by atoms with Crippen molar-refractivity contribution in [3.05, 3.63) is 57.2 Å². The van der Waals surface area contributed by atoms with Crippen LogP contribution in [-0.2, 0) is 14.3 Å². The Morgan fingerprint density at radius 3 is 2.60 bits per heavy atom. The number of esters is 1. The third kappa shape index (κ3) is 4.57. The number of aliphatic imine (C=N–C) groups is 1. The maximum Gasteiger partial charge on any atom is 0.338 e. The van der Waals surface area contributed by atoms with E-state index in [9.17, 15) is 9.59 Å². The molecule has 2 aliphatic heterocycles. The Hall–Kier alpha value is -2.25. The van der Waals surface area contributed by atoms with Gasteiger partial charge in [0.1, 0.15) is 0 Å². The number of nitrogens with zero attached hydrogens (tertiary/aromatic N) is 2. The zero-order valence-electron chi connectivity index (χ0n) is 17.6. The van der Waals surface area contributed by atoms with E-state index in [4.69, 9.17) is 21.3 Å². The first kappa shape index (κ1) is 22.4. The molecule has 1 amide bonds. The van der Waals surface area contributed by atoms with Crippen LogP contribution in [0, 0.1) is 0 Å². The maximum atomic E-state index is 12.8. The van der Waals surface area contributed by atoms with E-state index < -0.39 is 12.0 Å². The zero-order valence-corrected chi connectivity index (χ0v) is 19.1. The molecule has 0 unspecified atom stereocenters. The molecule has 2 aliphatic rings. The second-order valence-corrected chi connectivity index (χ2v) is 8.48. The average molecular weight is 448 g/mol. The lowest BCUT2D eigenvalue weighted by Gasteiger charge is -2.36. The molecule has 3 rings (SSSR count). The third-order valence-corrected chi connectivity index (χ3v) is 6.32. The normalized spacial score (nSPS) is 19.1. The standard InChI is InChI=1S/C22H26ClN3O3S/c1-5-13(3)24-18(27)11-16-12-30-22-25-17(6-2)19(21(28)29-4)20(26(16)22)14-7-9-15(23)10-8-14/h7-10,12-13,20H,5-6,11H2,1-4H3,(H,24,27)/t13-,20-/m0/s1. The van der Waals surface area contributed by atoms with Crippen molar-refractivity contribution in [2.45, 2.75) is 52.1 Å². The number of benzene rings is 1. The van der Waals surface area contributed by atoms with Gasteiger partial charge in [-0.05, 0) is 42.9 Å². The SMILES string of the molecule is CCC1=C(C(=O)OC)[C@H](c2ccc(Cl)cc2)N2C(CC(=O)N[C@@H](C)CC)=CSC2=N1. The van der Waals surface area contributed by atoms with Crippen molar-refractivity contribution in [2.24, 2.45) is 4.99 Å². The molecule has 0 fully saturated rings. The van der Waals surface area contributed by atoms with Crippen LogP contribution in [0.15, 0.2) is 51.6 Å². The Balaban J connectivity index is 2.02. The molecule has 0 aliphatic carbocycles. The van der Waals surface area contributed by atoms with Crippen LogP contribution in [0.25, 0.3) is 0 Å². The lowest BCUT2D eigenvalue weighted by molar-refractivity contribution is -0.136. The molecule has 0 spiro atoms. The number of allylic oxidation sites excluding steroid dienone is 1. The first-order valence-electron chi connectivity index (χ1n) is 9.99. The molecule has 0 saturated heterocycles. The van der Waals surface area contributed by atoms with Gasteiger partial charge >= 0.3 is 5.97 Å². The van der Waals surface area contributed by atoms with Crippen LogP contribution in [0.1, 0.15) is 51.6 Å². The van der Waals surface area contributed by atoms with Crippen LogP contribution in [0.3, 0.4) is 0 Å². The summed E-state index contributed by atoms with van der Waals surface area (Å²) < 4.78 is 5.10. The van der Waals surface area contributed by atoms with Crippen molar-refractivity contribution < 1.29 is 14.3 Å². The molecular formula is C22H26ClN3O3S. The van der Waals surface area contributed by atoms with Gasteiger partial charge in [0.25, 0.3) is 0 Å². The van der Waals surface area contributed by atoms with Gasteiger partial charge < -0.3 is 15.0 Å². The first-order chi connectivity index (χ1) is 14.4. The van der Waals surface area contributed by atoms with E-state index in [1.807, 2.05) is 43.2 Å². The van der Waals surface area contributed by atoms with Crippen LogP contribution in [-0.4, -0.2) is 35.1 Å². The van der Waals surface area contributed by atoms with Crippen molar-refractivity contribution in [2.75, 3.05) is 7.11 Å². The number of rotatable bonds is 7. The fraction of sp³-hybridized carbons (Fsp3) is 0.409. The largest absolute Gasteiger partial charge is 0.466 e. The van der Waals surface area contributed by atoms with Gasteiger partial charge in [-0.2, -0.15) is 0 Å². The Morgan fingerprint density at radius 1 is 1.30 bits per heavy atom. The second kappa shape index (κ2) is 9.71. The summed E-state index contributed by atoms with van der Waals surface area (Å²) in [5, 5.41) is 6.31. The number of hydrogen-bond donors (Lipinski definition) is 1. The van der Waals surface area contributed by atoms with E-state index in [-0.39, 0.29) is 18.4 Å². The molecule has 2 atom stereocenters. The van der Waals surface area contributed by atoms with Gasteiger partial charge in [0.05, 0.1) is 30.8 Å². The molecule has 0 saturated carbocycles. The summed E-state index contributed by atoms with van der Waals surface area (Å²) >= 11 is 7.56. The summed E-state index contributed by atoms with van der Waals surface area (Å²) in [6, 6.07) is 7.05. The van der Waals surface area contributed by atoms with Gasteiger partial charge in [0.15, 0.2) is 5.17 Å². The number of fused-ring (bicyclic) bond motifs is 1. The number of ether oxygens (including phenoxy) is 1. The zero-order chi connectivity index (χ0) is 21.8. The molecule has 0 bridgehead atoms. The first-order valence-corrected chi connectivity index (χ1v) is 11.2. The van der Waals surface area contributed by atoms with E-state index in [2.05, 4.69) is 5.32 Å². The van der Waals surface area contributed by atoms with Crippen molar-refractivity contribution >= 4 is 40.4 Å². The minimum absolute atomic E-state index is 0.0582. The van der Waals surface area contributed by atoms with Gasteiger partial charge in [-0.25, -0.2) is 9.79 Å². The van der Waals surface area contributed by atoms with Crippen LogP contribution in [0.2, 0.25) is 5.02 Å². The fourth-order valence-electron chi connectivity index (χ4n) is 3.47. The summed E-state index contributed by atoms with van der Waals surface area (Å²) in [5.74, 6) is -0.480. The van der Waals surface area contributed by atoms with Crippen molar-refractivity contribution in [3.8, 4) is 0 Å². The molecule has 160 valence electrons. The minimum Gasteiger partial charge on any atom is -0.466 e. The molecule has 1 N–H and O–H groups in total. The fourth-order valence-corrected chi connectivity index (χ4v) is 4.53. The lowest BCUT2D eigenvalue weighted by atomic mass is 9.93. The number of thioether (sulfide) groups is 1. The predicted molar refractivity (Wildman–Crippen MR) is 121 cm³/mol. The number of amidine groups is 1. The number of hydrogen-bond acceptors (Lipinski definition) is 6. The number of amides is 1. The number of carbonyl (C=O) groups is 2. The van der Waals surface area contributed by atoms with Crippen LogP contribution >= 0.6 is 23.4 Å². The molecule has 30 heavy (non-hydrogen) atoms. The Bertz CT molecular complexity index is 924. The monoisotopic (exact) mass is 447 g/mol. The highest BCUT2D eigenvalue weighted by Gasteiger charge is 2.41. The lowest BCUT2D eigenvalue weighted by Crippen LogP contribution is -2.39. The Morgan fingerprint density at radius 2 is 2.00 bits per heavy atom. The highest BCUT2D eigenvalue weighted by atomic mass is 35.5. The highest BCUT2D eigenvalue weighted by molar-refractivity contribution is 8.16. The molecule has 0 aromatic heterocycles. The van der Waals surface area contributed by atoms with Crippen LogP contribution in [0.5, 0.6) is 0 Å². The van der Waals surface area contributed by atoms with E-state index in [0.29, 0.717) is 22.7 Å². The topological polar surface area (TPSA) is 71.0 Å². The predicted octanol–water partition coefficient (Wildman–Crippen LogP) is 4.78. The van der Waals surface area contributed by atoms with E-state index in [1.54, 1.807) is 12.1 Å². The summed E-state index contributed by atoms with van der Waals surface area (Å²) in [6.07, 6.45) is 1.66. The number of halogens is 1. The summed E-state index contributed by atoms with van der Waals surface area (Å²) in [5.41, 5.74) is 2.87. The quantitative estimate of drug-likeness (QED) is 0.609. The van der Waals surface area contributed by atoms with Gasteiger partial charge in [-0.3, -0.25) is 4.79 Å². The molecule has 8 heteroatoms. The molecule has 2 heterocycles. The number of nitrogens with one attached hydrogen (secondary N) is 1. The molecule has 6 nitrogen and oxygen atoms in total. The highest BCUT2D eigenvalue weighted by Crippen LogP contribution is 2.45. The van der Waals surface area contributed by atoms with E-state index in [1.165, 1.54) is 18.9 Å². The second-order valence-electron chi connectivity index (χ2n) is 7.20. The van der Waals surface area contributed by atoms with Crippen molar-refractivity contribution in [1.29, 1.82) is 0 Å². The molecule has 1 aromatic rings. The summed E-state index contributed by atoms with van der Waals surface area (Å²) in [7, 11) is 1.37. The minimum atomic E-state index is -0.435. The number of methoxy groups -OCH3 is 1. The van der Waals surface area contributed by atoms with Gasteiger partial charge in [-0.1, -0.05) is 49.3 Å². The molecule has 1 aromatic carbocycles. The van der Waals surface area contributed by atoms with Gasteiger partial charge in [-0.15, -0.1) is 0 Å². The van der Waals surface area contributed by atoms with Gasteiger partial charge in [0.2, 0.25) is 5.91 Å². The Labute approximate surface area is 186 Å². The smallest absolute Gasteiger partial charge is 0.338 e. The molecular weight excluding hydrogens is 422 g/mol. The van der Waals surface area contributed by atoms with Crippen molar-refractivity contribution in [3.63, 3.8) is 0 Å². The van der Waals surface area contributed by atoms with Crippen molar-refractivity contribution in [1.82, 2.24) is 10.2 Å². The number of carbonyl (C=O) groups excluding carboxylic acids is 2. The average Bonchev–Trinajstić information content (AvgIpc) is 3.14. The maximum absolute atomic E-state index is 12.8. The van der Waals surface area contributed by atoms with E-state index in [0.717, 1.165) is 22.8 Å². The summed E-state index contributed by atoms with van der Waals surface area (Å²) in [4.78, 5) is 32.0. The van der Waals surface area contributed by atoms with E-state index >= 15 is 0 Å². The van der Waals surface area contributed by atoms with Crippen LogP contribution in [0.4, 0.5) is 0 Å². The molecule has 0 radical (unpaired) electrons. The van der Waals surface area contributed by atoms with Crippen LogP contribution < -0.4 is 5.32 Å².